The molecule has 11 nitrogen and oxygen atoms in total. The number of carbonyl (C=O) groups excluding carboxylic acids is 2. The Bertz CT molecular complexity index is 1120. The molecule has 0 atom stereocenters. The molecule has 0 heterocycles. The molecule has 0 saturated carbocycles. The van der Waals surface area contributed by atoms with Crippen LogP contribution in [0.3, 0.4) is 0 Å². The van der Waals surface area contributed by atoms with Crippen molar-refractivity contribution >= 4 is 39.1 Å². The number of amides is 1. The standard InChI is InChI=1S/C19H21N3O8S/c1-19(2,3)30-18(24)20-13-10-9-12(17(23)29-4)11-14(13)21-31(27,28)16-8-6-5-7-15(16)22(25)26/h5-11,21H,1-4H3,(H,20,24). The van der Waals surface area contributed by atoms with Gasteiger partial charge in [0.05, 0.1) is 29.0 Å². The normalized spacial score (nSPS) is 11.4. The maximum absolute atomic E-state index is 12.9. The fourth-order valence-corrected chi connectivity index (χ4v) is 3.68. The topological polar surface area (TPSA) is 154 Å². The largest absolute Gasteiger partial charge is 0.465 e. The summed E-state index contributed by atoms with van der Waals surface area (Å²) in [5, 5.41) is 13.6. The molecule has 0 radical (unpaired) electrons. The number of nitro groups is 1. The molecule has 166 valence electrons. The molecule has 0 aliphatic rings. The van der Waals surface area contributed by atoms with Crippen LogP contribution in [0, 0.1) is 10.1 Å². The van der Waals surface area contributed by atoms with E-state index in [0.29, 0.717) is 0 Å². The van der Waals surface area contributed by atoms with Crippen molar-refractivity contribution in [2.75, 3.05) is 17.1 Å². The molecule has 2 N–H and O–H groups in total. The molecule has 31 heavy (non-hydrogen) atoms. The third kappa shape index (κ3) is 6.15. The van der Waals surface area contributed by atoms with Crippen LogP contribution >= 0.6 is 0 Å². The Morgan fingerprint density at radius 1 is 1.06 bits per heavy atom. The van der Waals surface area contributed by atoms with E-state index in [2.05, 4.69) is 14.8 Å². The molecule has 0 spiro atoms. The highest BCUT2D eigenvalue weighted by atomic mass is 32.2. The summed E-state index contributed by atoms with van der Waals surface area (Å²) in [4.78, 5) is 33.8. The fraction of sp³-hybridized carbons (Fsp3) is 0.263. The first-order valence-electron chi connectivity index (χ1n) is 8.82. The Hall–Kier alpha value is -3.67. The average Bonchev–Trinajstić information content (AvgIpc) is 2.67. The number of hydrogen-bond donors (Lipinski definition) is 2. The first-order chi connectivity index (χ1) is 14.3. The highest BCUT2D eigenvalue weighted by Crippen LogP contribution is 2.30. The molecule has 1 amide bonds. The van der Waals surface area contributed by atoms with Gasteiger partial charge in [-0.05, 0) is 45.0 Å². The van der Waals surface area contributed by atoms with Crippen molar-refractivity contribution in [3.63, 3.8) is 0 Å². The lowest BCUT2D eigenvalue weighted by Crippen LogP contribution is -2.27. The van der Waals surface area contributed by atoms with E-state index in [-0.39, 0.29) is 16.9 Å². The number of carbonyl (C=O) groups is 2. The van der Waals surface area contributed by atoms with E-state index >= 15 is 0 Å². The lowest BCUT2D eigenvalue weighted by atomic mass is 10.1. The minimum absolute atomic E-state index is 0.0162. The number of nitro benzene ring substituents is 1. The first kappa shape index (κ1) is 23.6. The average molecular weight is 451 g/mol. The van der Waals surface area contributed by atoms with Gasteiger partial charge in [0.25, 0.3) is 15.7 Å². The van der Waals surface area contributed by atoms with Gasteiger partial charge in [0.2, 0.25) is 0 Å². The van der Waals surface area contributed by atoms with Crippen molar-refractivity contribution in [2.24, 2.45) is 0 Å². The number of esters is 1. The molecule has 2 aromatic rings. The van der Waals surface area contributed by atoms with Gasteiger partial charge in [0, 0.05) is 6.07 Å². The number of nitrogens with one attached hydrogen (secondary N) is 2. The summed E-state index contributed by atoms with van der Waals surface area (Å²) in [6, 6.07) is 8.46. The second kappa shape index (κ2) is 9.00. The minimum atomic E-state index is -4.47. The van der Waals surface area contributed by atoms with Crippen LogP contribution in [0.4, 0.5) is 21.9 Å². The van der Waals surface area contributed by atoms with Crippen molar-refractivity contribution < 1.29 is 32.4 Å². The molecule has 0 fully saturated rings. The van der Waals surface area contributed by atoms with E-state index in [4.69, 9.17) is 4.74 Å². The van der Waals surface area contributed by atoms with Gasteiger partial charge in [0.15, 0.2) is 4.90 Å². The maximum Gasteiger partial charge on any atom is 0.412 e. The van der Waals surface area contributed by atoms with Crippen LogP contribution in [0.2, 0.25) is 0 Å². The Balaban J connectivity index is 2.50. The molecule has 2 rings (SSSR count). The van der Waals surface area contributed by atoms with Crippen LogP contribution in [0.1, 0.15) is 31.1 Å². The Morgan fingerprint density at radius 2 is 1.71 bits per heavy atom. The van der Waals surface area contributed by atoms with E-state index in [1.807, 2.05) is 0 Å². The second-order valence-electron chi connectivity index (χ2n) is 7.21. The third-order valence-corrected chi connectivity index (χ3v) is 5.08. The molecule has 0 aliphatic carbocycles. The maximum atomic E-state index is 12.9. The fourth-order valence-electron chi connectivity index (χ4n) is 2.43. The molecule has 2 aromatic carbocycles. The summed E-state index contributed by atoms with van der Waals surface area (Å²) in [6.45, 7) is 4.93. The molecule has 0 bridgehead atoms. The molecule has 0 saturated heterocycles. The zero-order valence-electron chi connectivity index (χ0n) is 17.2. The first-order valence-corrected chi connectivity index (χ1v) is 10.3. The molecule has 0 aromatic heterocycles. The summed E-state index contributed by atoms with van der Waals surface area (Å²) >= 11 is 0. The number of hydrogen-bond acceptors (Lipinski definition) is 8. The molecular weight excluding hydrogens is 430 g/mol. The highest BCUT2D eigenvalue weighted by Gasteiger charge is 2.27. The third-order valence-electron chi connectivity index (χ3n) is 3.67. The summed E-state index contributed by atoms with van der Waals surface area (Å²) in [6.07, 6.45) is -0.871. The number of para-hydroxylation sites is 1. The van der Waals surface area contributed by atoms with E-state index in [9.17, 15) is 28.1 Å². The van der Waals surface area contributed by atoms with Gasteiger partial charge in [-0.2, -0.15) is 0 Å². The zero-order valence-corrected chi connectivity index (χ0v) is 18.0. The molecule has 12 heteroatoms. The van der Waals surface area contributed by atoms with Gasteiger partial charge in [-0.15, -0.1) is 0 Å². The van der Waals surface area contributed by atoms with E-state index in [1.54, 1.807) is 20.8 Å². The minimum Gasteiger partial charge on any atom is -0.465 e. The van der Waals surface area contributed by atoms with Gasteiger partial charge >= 0.3 is 12.1 Å². The monoisotopic (exact) mass is 451 g/mol. The van der Waals surface area contributed by atoms with Gasteiger partial charge in [-0.25, -0.2) is 18.0 Å². The SMILES string of the molecule is COC(=O)c1ccc(NC(=O)OC(C)(C)C)c(NS(=O)(=O)c2ccccc2[N+](=O)[O-])c1. The van der Waals surface area contributed by atoms with E-state index in [0.717, 1.165) is 25.3 Å². The van der Waals surface area contributed by atoms with Crippen LogP contribution in [-0.2, 0) is 19.5 Å². The van der Waals surface area contributed by atoms with Gasteiger partial charge in [0.1, 0.15) is 5.60 Å². The quantitative estimate of drug-likeness (QED) is 0.384. The summed E-state index contributed by atoms with van der Waals surface area (Å²) in [5.41, 5.74) is -1.73. The summed E-state index contributed by atoms with van der Waals surface area (Å²) in [7, 11) is -3.32. The lowest BCUT2D eigenvalue weighted by molar-refractivity contribution is -0.387. The van der Waals surface area contributed by atoms with Gasteiger partial charge < -0.3 is 9.47 Å². The molecular formula is C19H21N3O8S. The van der Waals surface area contributed by atoms with Crippen molar-refractivity contribution in [3.05, 3.63) is 58.1 Å². The number of ether oxygens (including phenoxy) is 2. The number of nitrogens with zero attached hydrogens (tertiary/aromatic N) is 1. The summed E-state index contributed by atoms with van der Waals surface area (Å²) < 4.78 is 37.7. The van der Waals surface area contributed by atoms with Crippen molar-refractivity contribution in [2.45, 2.75) is 31.3 Å². The van der Waals surface area contributed by atoms with Gasteiger partial charge in [-0.1, -0.05) is 12.1 Å². The van der Waals surface area contributed by atoms with Crippen LogP contribution in [0.25, 0.3) is 0 Å². The Kier molecular flexibility index (Phi) is 6.85. The van der Waals surface area contributed by atoms with Crippen molar-refractivity contribution in [3.8, 4) is 0 Å². The number of benzene rings is 2. The van der Waals surface area contributed by atoms with E-state index in [1.165, 1.54) is 24.3 Å². The zero-order chi connectivity index (χ0) is 23.4. The van der Waals surface area contributed by atoms with Crippen LogP contribution in [-0.4, -0.2) is 38.1 Å². The van der Waals surface area contributed by atoms with Crippen LogP contribution in [0.5, 0.6) is 0 Å². The van der Waals surface area contributed by atoms with Gasteiger partial charge in [-0.3, -0.25) is 20.2 Å². The second-order valence-corrected chi connectivity index (χ2v) is 8.86. The molecule has 0 aliphatic heterocycles. The lowest BCUT2D eigenvalue weighted by Gasteiger charge is -2.21. The smallest absolute Gasteiger partial charge is 0.412 e. The number of rotatable bonds is 6. The number of anilines is 2. The summed E-state index contributed by atoms with van der Waals surface area (Å²) in [5.74, 6) is -0.755. The Labute approximate surface area is 178 Å². The van der Waals surface area contributed by atoms with Crippen molar-refractivity contribution in [1.29, 1.82) is 0 Å². The molecule has 0 unspecified atom stereocenters. The van der Waals surface area contributed by atoms with Crippen LogP contribution < -0.4 is 10.0 Å². The Morgan fingerprint density at radius 3 is 2.29 bits per heavy atom. The van der Waals surface area contributed by atoms with Crippen molar-refractivity contribution in [1.82, 2.24) is 0 Å². The number of sulfonamides is 1. The predicted molar refractivity (Wildman–Crippen MR) is 112 cm³/mol. The van der Waals surface area contributed by atoms with Crippen LogP contribution in [0.15, 0.2) is 47.4 Å². The highest BCUT2D eigenvalue weighted by molar-refractivity contribution is 7.92. The predicted octanol–water partition coefficient (Wildman–Crippen LogP) is 3.53. The van der Waals surface area contributed by atoms with E-state index < -0.39 is 43.2 Å². The number of methoxy groups -OCH3 is 1.